The molecule has 0 unspecified atom stereocenters. The molecule has 0 aliphatic rings. The molecule has 3 nitrogen and oxygen atoms in total. The Labute approximate surface area is 120 Å². The number of hydrogen-bond acceptors (Lipinski definition) is 2. The van der Waals surface area contributed by atoms with E-state index in [-0.39, 0.29) is 17.0 Å². The van der Waals surface area contributed by atoms with Crippen molar-refractivity contribution in [3.05, 3.63) is 52.6 Å². The van der Waals surface area contributed by atoms with E-state index in [1.54, 1.807) is 12.4 Å². The van der Waals surface area contributed by atoms with Gasteiger partial charge in [0.15, 0.2) is 5.78 Å². The van der Waals surface area contributed by atoms with Crippen molar-refractivity contribution < 1.29 is 13.6 Å². The molecule has 0 saturated heterocycles. The fourth-order valence-corrected chi connectivity index (χ4v) is 2.08. The van der Waals surface area contributed by atoms with Gasteiger partial charge in [-0.15, -0.1) is 0 Å². The first-order valence-corrected chi connectivity index (χ1v) is 6.58. The standard InChI is InChI=1S/C14H13ClF2N2O/c1-2-4-19-5-3-18-14(19)8-13(20)9-6-12(17)10(15)7-11(9)16/h3,5-7H,2,4,8H2,1H3. The van der Waals surface area contributed by atoms with Gasteiger partial charge in [0, 0.05) is 18.9 Å². The number of rotatable bonds is 5. The molecule has 20 heavy (non-hydrogen) atoms. The fourth-order valence-electron chi connectivity index (χ4n) is 1.93. The second kappa shape index (κ2) is 6.13. The van der Waals surface area contributed by atoms with E-state index in [9.17, 15) is 13.6 Å². The van der Waals surface area contributed by atoms with Crippen molar-refractivity contribution in [3.8, 4) is 0 Å². The number of carbonyl (C=O) groups is 1. The highest BCUT2D eigenvalue weighted by atomic mass is 35.5. The number of halogens is 3. The topological polar surface area (TPSA) is 34.9 Å². The van der Waals surface area contributed by atoms with Gasteiger partial charge >= 0.3 is 0 Å². The predicted molar refractivity (Wildman–Crippen MR) is 71.9 cm³/mol. The maximum Gasteiger partial charge on any atom is 0.173 e. The first-order chi connectivity index (χ1) is 9.52. The molecule has 0 aliphatic carbocycles. The van der Waals surface area contributed by atoms with Crippen LogP contribution in [0, 0.1) is 11.6 Å². The molecule has 0 saturated carbocycles. The molecule has 0 radical (unpaired) electrons. The van der Waals surface area contributed by atoms with E-state index in [1.807, 2.05) is 11.5 Å². The lowest BCUT2D eigenvalue weighted by atomic mass is 10.1. The number of hydrogen-bond donors (Lipinski definition) is 0. The van der Waals surface area contributed by atoms with Crippen LogP contribution in [-0.2, 0) is 13.0 Å². The average Bonchev–Trinajstić information content (AvgIpc) is 2.81. The number of Topliss-reactive ketones (excluding diaryl/α,β-unsaturated/α-hetero) is 1. The summed E-state index contributed by atoms with van der Waals surface area (Å²) in [5.41, 5.74) is -0.307. The number of carbonyl (C=O) groups excluding carboxylic acids is 1. The molecule has 0 spiro atoms. The number of aryl methyl sites for hydroxylation is 1. The van der Waals surface area contributed by atoms with Gasteiger partial charge in [-0.05, 0) is 18.6 Å². The summed E-state index contributed by atoms with van der Waals surface area (Å²) in [4.78, 5) is 16.1. The summed E-state index contributed by atoms with van der Waals surface area (Å²) < 4.78 is 28.8. The Bertz CT molecular complexity index is 640. The average molecular weight is 299 g/mol. The molecule has 1 aromatic heterocycles. The van der Waals surface area contributed by atoms with E-state index in [2.05, 4.69) is 4.98 Å². The second-order valence-corrected chi connectivity index (χ2v) is 4.79. The van der Waals surface area contributed by atoms with Gasteiger partial charge in [-0.25, -0.2) is 13.8 Å². The van der Waals surface area contributed by atoms with Crippen molar-refractivity contribution in [2.24, 2.45) is 0 Å². The van der Waals surface area contributed by atoms with Crippen LogP contribution in [0.4, 0.5) is 8.78 Å². The van der Waals surface area contributed by atoms with Crippen molar-refractivity contribution in [2.45, 2.75) is 26.3 Å². The SMILES string of the molecule is CCCn1ccnc1CC(=O)c1cc(F)c(Cl)cc1F. The lowest BCUT2D eigenvalue weighted by Crippen LogP contribution is -2.12. The molecule has 106 valence electrons. The maximum atomic E-state index is 13.7. The third-order valence-corrected chi connectivity index (χ3v) is 3.18. The Morgan fingerprint density at radius 2 is 2.10 bits per heavy atom. The summed E-state index contributed by atoms with van der Waals surface area (Å²) in [6.45, 7) is 2.72. The van der Waals surface area contributed by atoms with Crippen LogP contribution < -0.4 is 0 Å². The largest absolute Gasteiger partial charge is 0.335 e. The van der Waals surface area contributed by atoms with Crippen LogP contribution >= 0.6 is 11.6 Å². The van der Waals surface area contributed by atoms with E-state index in [0.717, 1.165) is 25.1 Å². The number of nitrogens with zero attached hydrogens (tertiary/aromatic N) is 2. The summed E-state index contributed by atoms with van der Waals surface area (Å²) in [5.74, 6) is -1.63. The molecule has 0 fully saturated rings. The number of ketones is 1. The van der Waals surface area contributed by atoms with Gasteiger partial charge in [-0.2, -0.15) is 0 Å². The van der Waals surface area contributed by atoms with E-state index in [1.165, 1.54) is 0 Å². The van der Waals surface area contributed by atoms with Crippen LogP contribution in [0.15, 0.2) is 24.5 Å². The van der Waals surface area contributed by atoms with E-state index >= 15 is 0 Å². The van der Waals surface area contributed by atoms with Crippen LogP contribution in [0.1, 0.15) is 29.5 Å². The van der Waals surface area contributed by atoms with Crippen molar-refractivity contribution in [1.29, 1.82) is 0 Å². The Morgan fingerprint density at radius 1 is 1.35 bits per heavy atom. The smallest absolute Gasteiger partial charge is 0.173 e. The van der Waals surface area contributed by atoms with E-state index in [0.29, 0.717) is 5.82 Å². The zero-order valence-electron chi connectivity index (χ0n) is 10.9. The minimum absolute atomic E-state index is 0.0784. The summed E-state index contributed by atoms with van der Waals surface area (Å²) in [6, 6.07) is 1.63. The fraction of sp³-hybridized carbons (Fsp3) is 0.286. The zero-order valence-corrected chi connectivity index (χ0v) is 11.6. The van der Waals surface area contributed by atoms with Crippen molar-refractivity contribution in [3.63, 3.8) is 0 Å². The van der Waals surface area contributed by atoms with Crippen LogP contribution in [0.3, 0.4) is 0 Å². The van der Waals surface area contributed by atoms with Gasteiger partial charge in [0.2, 0.25) is 0 Å². The van der Waals surface area contributed by atoms with Crippen molar-refractivity contribution in [2.75, 3.05) is 0 Å². The lowest BCUT2D eigenvalue weighted by Gasteiger charge is -2.07. The van der Waals surface area contributed by atoms with Gasteiger partial charge in [0.05, 0.1) is 17.0 Å². The summed E-state index contributed by atoms with van der Waals surface area (Å²) in [5, 5.41) is -0.341. The monoisotopic (exact) mass is 298 g/mol. The van der Waals surface area contributed by atoms with E-state index in [4.69, 9.17) is 11.6 Å². The van der Waals surface area contributed by atoms with Gasteiger partial charge in [0.1, 0.15) is 17.5 Å². The second-order valence-electron chi connectivity index (χ2n) is 4.38. The lowest BCUT2D eigenvalue weighted by molar-refractivity contribution is 0.0985. The minimum Gasteiger partial charge on any atom is -0.335 e. The van der Waals surface area contributed by atoms with Crippen LogP contribution in [0.25, 0.3) is 0 Å². The highest BCUT2D eigenvalue weighted by Crippen LogP contribution is 2.20. The van der Waals surface area contributed by atoms with Gasteiger partial charge in [-0.1, -0.05) is 18.5 Å². The third-order valence-electron chi connectivity index (χ3n) is 2.90. The molecule has 1 heterocycles. The molecular weight excluding hydrogens is 286 g/mol. The normalized spacial score (nSPS) is 10.8. The van der Waals surface area contributed by atoms with Gasteiger partial charge < -0.3 is 4.57 Å². The molecule has 2 aromatic rings. The number of aromatic nitrogens is 2. The van der Waals surface area contributed by atoms with Crippen LogP contribution in [-0.4, -0.2) is 15.3 Å². The van der Waals surface area contributed by atoms with Crippen molar-refractivity contribution >= 4 is 17.4 Å². The highest BCUT2D eigenvalue weighted by Gasteiger charge is 2.17. The molecule has 0 aliphatic heterocycles. The minimum atomic E-state index is -0.824. The Balaban J connectivity index is 2.24. The quantitative estimate of drug-likeness (QED) is 0.624. The van der Waals surface area contributed by atoms with Crippen molar-refractivity contribution in [1.82, 2.24) is 9.55 Å². The Hall–Kier alpha value is -1.75. The summed E-state index contributed by atoms with van der Waals surface area (Å²) in [7, 11) is 0. The third kappa shape index (κ3) is 3.04. The molecule has 0 N–H and O–H groups in total. The summed E-state index contributed by atoms with van der Waals surface area (Å²) >= 11 is 5.46. The Morgan fingerprint density at radius 3 is 2.80 bits per heavy atom. The Kier molecular flexibility index (Phi) is 4.49. The molecule has 0 amide bonds. The number of imidazole rings is 1. The molecule has 2 rings (SSSR count). The molecule has 6 heteroatoms. The van der Waals surface area contributed by atoms with Gasteiger partial charge in [0.25, 0.3) is 0 Å². The zero-order chi connectivity index (χ0) is 14.7. The predicted octanol–water partition coefficient (Wildman–Crippen LogP) is 3.65. The molecule has 0 bridgehead atoms. The molecule has 0 atom stereocenters. The van der Waals surface area contributed by atoms with Crippen LogP contribution in [0.2, 0.25) is 5.02 Å². The van der Waals surface area contributed by atoms with E-state index < -0.39 is 17.4 Å². The first-order valence-electron chi connectivity index (χ1n) is 6.20. The maximum absolute atomic E-state index is 13.7. The highest BCUT2D eigenvalue weighted by molar-refractivity contribution is 6.30. The molecular formula is C14H13ClF2N2O. The number of benzene rings is 1. The van der Waals surface area contributed by atoms with Crippen LogP contribution in [0.5, 0.6) is 0 Å². The summed E-state index contributed by atoms with van der Waals surface area (Å²) in [6.07, 6.45) is 4.15. The molecule has 1 aromatic carbocycles. The first kappa shape index (κ1) is 14.7. The van der Waals surface area contributed by atoms with Gasteiger partial charge in [-0.3, -0.25) is 4.79 Å².